The van der Waals surface area contributed by atoms with E-state index in [0.29, 0.717) is 18.5 Å². The van der Waals surface area contributed by atoms with E-state index in [9.17, 15) is 14.0 Å². The molecule has 104 valence electrons. The van der Waals surface area contributed by atoms with Gasteiger partial charge in [-0.25, -0.2) is 14.0 Å². The fraction of sp³-hybridized carbons (Fsp3) is 0.385. The lowest BCUT2D eigenvalue weighted by atomic mass is 10.0. The number of benzene rings is 1. The van der Waals surface area contributed by atoms with Gasteiger partial charge in [0.15, 0.2) is 0 Å². The molecule has 0 spiro atoms. The SMILES string of the molecule is CN(CCc1ccccc1C(=O)O)C(=O)NCCF. The Bertz CT molecular complexity index is 451. The van der Waals surface area contributed by atoms with Crippen molar-refractivity contribution in [2.75, 3.05) is 26.8 Å². The first-order valence-corrected chi connectivity index (χ1v) is 5.92. The molecular weight excluding hydrogens is 251 g/mol. The van der Waals surface area contributed by atoms with Gasteiger partial charge in [-0.1, -0.05) is 18.2 Å². The summed E-state index contributed by atoms with van der Waals surface area (Å²) in [7, 11) is 1.58. The lowest BCUT2D eigenvalue weighted by molar-refractivity contribution is 0.0695. The third kappa shape index (κ3) is 4.57. The topological polar surface area (TPSA) is 69.6 Å². The van der Waals surface area contributed by atoms with Crippen LogP contribution in [-0.2, 0) is 6.42 Å². The highest BCUT2D eigenvalue weighted by Gasteiger charge is 2.11. The maximum atomic E-state index is 11.9. The number of amides is 2. The summed E-state index contributed by atoms with van der Waals surface area (Å²) >= 11 is 0. The van der Waals surface area contributed by atoms with Crippen molar-refractivity contribution in [1.82, 2.24) is 10.2 Å². The van der Waals surface area contributed by atoms with E-state index in [4.69, 9.17) is 5.11 Å². The number of carboxylic acids is 1. The van der Waals surface area contributed by atoms with Crippen LogP contribution in [0.5, 0.6) is 0 Å². The Morgan fingerprint density at radius 1 is 1.37 bits per heavy atom. The Labute approximate surface area is 111 Å². The largest absolute Gasteiger partial charge is 0.478 e. The number of likely N-dealkylation sites (N-methyl/N-ethyl adjacent to an activating group) is 1. The zero-order valence-corrected chi connectivity index (χ0v) is 10.7. The van der Waals surface area contributed by atoms with Gasteiger partial charge >= 0.3 is 12.0 Å². The molecule has 2 amide bonds. The van der Waals surface area contributed by atoms with Crippen LogP contribution < -0.4 is 5.32 Å². The van der Waals surface area contributed by atoms with Crippen molar-refractivity contribution in [1.29, 1.82) is 0 Å². The molecule has 0 bridgehead atoms. The van der Waals surface area contributed by atoms with Gasteiger partial charge in [0.2, 0.25) is 0 Å². The molecular formula is C13H17FN2O3. The summed E-state index contributed by atoms with van der Waals surface area (Å²) in [6.07, 6.45) is 0.433. The second kappa shape index (κ2) is 7.35. The molecule has 1 aromatic rings. The van der Waals surface area contributed by atoms with E-state index in [1.54, 1.807) is 25.2 Å². The molecule has 0 saturated carbocycles. The first-order chi connectivity index (χ1) is 9.06. The Balaban J connectivity index is 2.57. The van der Waals surface area contributed by atoms with Gasteiger partial charge in [-0.3, -0.25) is 0 Å². The summed E-state index contributed by atoms with van der Waals surface area (Å²) < 4.78 is 11.9. The number of nitrogens with one attached hydrogen (secondary N) is 1. The summed E-state index contributed by atoms with van der Waals surface area (Å²) in [6.45, 7) is -0.265. The smallest absolute Gasteiger partial charge is 0.335 e. The predicted octanol–water partition coefficient (Wildman–Crippen LogP) is 1.54. The van der Waals surface area contributed by atoms with E-state index >= 15 is 0 Å². The monoisotopic (exact) mass is 268 g/mol. The lowest BCUT2D eigenvalue weighted by Crippen LogP contribution is -2.39. The van der Waals surface area contributed by atoms with Gasteiger partial charge in [-0.15, -0.1) is 0 Å². The van der Waals surface area contributed by atoms with Crippen LogP contribution in [0.25, 0.3) is 0 Å². The molecule has 0 aliphatic carbocycles. The van der Waals surface area contributed by atoms with Gasteiger partial charge in [0.05, 0.1) is 5.56 Å². The Hall–Kier alpha value is -2.11. The molecule has 0 radical (unpaired) electrons. The third-order valence-electron chi connectivity index (χ3n) is 2.68. The maximum Gasteiger partial charge on any atom is 0.335 e. The molecule has 0 aliphatic heterocycles. The van der Waals surface area contributed by atoms with Gasteiger partial charge in [-0.05, 0) is 18.1 Å². The number of nitrogens with zero attached hydrogens (tertiary/aromatic N) is 1. The summed E-state index contributed by atoms with van der Waals surface area (Å²) in [4.78, 5) is 23.9. The average Bonchev–Trinajstić information content (AvgIpc) is 2.42. The first kappa shape index (κ1) is 14.9. The van der Waals surface area contributed by atoms with Gasteiger partial charge in [0.25, 0.3) is 0 Å². The van der Waals surface area contributed by atoms with E-state index in [-0.39, 0.29) is 18.1 Å². The average molecular weight is 268 g/mol. The molecule has 19 heavy (non-hydrogen) atoms. The number of carbonyl (C=O) groups is 2. The van der Waals surface area contributed by atoms with Crippen LogP contribution in [-0.4, -0.2) is 48.8 Å². The first-order valence-electron chi connectivity index (χ1n) is 5.92. The van der Waals surface area contributed by atoms with Crippen molar-refractivity contribution in [3.8, 4) is 0 Å². The molecule has 2 N–H and O–H groups in total. The molecule has 5 nitrogen and oxygen atoms in total. The van der Waals surface area contributed by atoms with Crippen LogP contribution in [0.2, 0.25) is 0 Å². The van der Waals surface area contributed by atoms with E-state index in [2.05, 4.69) is 5.32 Å². The van der Waals surface area contributed by atoms with E-state index < -0.39 is 12.6 Å². The van der Waals surface area contributed by atoms with Crippen molar-refractivity contribution in [3.63, 3.8) is 0 Å². The molecule has 0 atom stereocenters. The lowest BCUT2D eigenvalue weighted by Gasteiger charge is -2.18. The van der Waals surface area contributed by atoms with E-state index in [0.717, 1.165) is 0 Å². The number of hydrogen-bond acceptors (Lipinski definition) is 2. The molecule has 0 unspecified atom stereocenters. The highest BCUT2D eigenvalue weighted by Crippen LogP contribution is 2.10. The quantitative estimate of drug-likeness (QED) is 0.822. The summed E-state index contributed by atoms with van der Waals surface area (Å²) in [5.74, 6) is -0.986. The van der Waals surface area contributed by atoms with Crippen molar-refractivity contribution in [2.45, 2.75) is 6.42 Å². The van der Waals surface area contributed by atoms with Crippen molar-refractivity contribution in [2.24, 2.45) is 0 Å². The summed E-state index contributed by atoms with van der Waals surface area (Å²) in [5, 5.41) is 11.4. The second-order valence-corrected chi connectivity index (χ2v) is 4.05. The second-order valence-electron chi connectivity index (χ2n) is 4.05. The van der Waals surface area contributed by atoms with Crippen LogP contribution in [0.3, 0.4) is 0 Å². The van der Waals surface area contributed by atoms with Crippen molar-refractivity contribution >= 4 is 12.0 Å². The molecule has 0 aliphatic rings. The van der Waals surface area contributed by atoms with Crippen LogP contribution in [0, 0.1) is 0 Å². The zero-order valence-electron chi connectivity index (χ0n) is 10.7. The molecule has 0 heterocycles. The normalized spacial score (nSPS) is 10.0. The minimum atomic E-state index is -0.986. The van der Waals surface area contributed by atoms with Gasteiger partial charge in [0, 0.05) is 20.1 Å². The minimum absolute atomic E-state index is 0.0190. The number of urea groups is 1. The number of alkyl halides is 1. The van der Waals surface area contributed by atoms with Gasteiger partial charge < -0.3 is 15.3 Å². The third-order valence-corrected chi connectivity index (χ3v) is 2.68. The van der Waals surface area contributed by atoms with Crippen LogP contribution in [0.1, 0.15) is 15.9 Å². The Morgan fingerprint density at radius 3 is 2.68 bits per heavy atom. The molecule has 6 heteroatoms. The molecule has 0 aromatic heterocycles. The fourth-order valence-electron chi connectivity index (χ4n) is 1.63. The van der Waals surface area contributed by atoms with Crippen LogP contribution in [0.4, 0.5) is 9.18 Å². The van der Waals surface area contributed by atoms with Crippen molar-refractivity contribution in [3.05, 3.63) is 35.4 Å². The maximum absolute atomic E-state index is 11.9. The summed E-state index contributed by atoms with van der Waals surface area (Å²) in [5.41, 5.74) is 0.903. The van der Waals surface area contributed by atoms with E-state index in [1.165, 1.54) is 11.0 Å². The number of aromatic carboxylic acids is 1. The standard InChI is InChI=1S/C13H17FN2O3/c1-16(13(19)15-8-7-14)9-6-10-4-2-3-5-11(10)12(17)18/h2-5H,6-9H2,1H3,(H,15,19)(H,17,18). The predicted molar refractivity (Wildman–Crippen MR) is 69.1 cm³/mol. The number of hydrogen-bond donors (Lipinski definition) is 2. The zero-order chi connectivity index (χ0) is 14.3. The highest BCUT2D eigenvalue weighted by molar-refractivity contribution is 5.89. The van der Waals surface area contributed by atoms with E-state index in [1.807, 2.05) is 0 Å². The minimum Gasteiger partial charge on any atom is -0.478 e. The molecule has 0 saturated heterocycles. The van der Waals surface area contributed by atoms with Gasteiger partial charge in [-0.2, -0.15) is 0 Å². The number of carbonyl (C=O) groups excluding carboxylic acids is 1. The Kier molecular flexibility index (Phi) is 5.78. The number of rotatable bonds is 6. The fourth-order valence-corrected chi connectivity index (χ4v) is 1.63. The number of carboxylic acid groups (broad SMARTS) is 1. The highest BCUT2D eigenvalue weighted by atomic mass is 19.1. The molecule has 1 rings (SSSR count). The molecule has 0 fully saturated rings. The van der Waals surface area contributed by atoms with Gasteiger partial charge in [0.1, 0.15) is 6.67 Å². The van der Waals surface area contributed by atoms with Crippen LogP contribution in [0.15, 0.2) is 24.3 Å². The van der Waals surface area contributed by atoms with Crippen molar-refractivity contribution < 1.29 is 19.1 Å². The Morgan fingerprint density at radius 2 is 2.05 bits per heavy atom. The van der Waals surface area contributed by atoms with Crippen LogP contribution >= 0.6 is 0 Å². The summed E-state index contributed by atoms with van der Waals surface area (Å²) in [6, 6.07) is 6.29. The number of halogens is 1. The molecule has 1 aromatic carbocycles.